The Morgan fingerprint density at radius 2 is 1.45 bits per heavy atom. The van der Waals surface area contributed by atoms with Gasteiger partial charge >= 0.3 is 6.03 Å². The van der Waals surface area contributed by atoms with Crippen LogP contribution in [0.1, 0.15) is 11.3 Å². The monoisotopic (exact) mass is 469 g/mol. The molecular weight excluding hydrogens is 451 g/mol. The van der Waals surface area contributed by atoms with Gasteiger partial charge in [-0.05, 0) is 29.8 Å². The number of carbonyl (C=O) groups excluding carboxylic acids is 1. The predicted octanol–water partition coefficient (Wildman–Crippen LogP) is 6.78. The number of para-hydroxylation sites is 1. The Morgan fingerprint density at radius 3 is 2.09 bits per heavy atom. The molecule has 0 fully saturated rings. The summed E-state index contributed by atoms with van der Waals surface area (Å²) in [5.74, 6) is -3.47. The molecule has 0 radical (unpaired) electrons. The summed E-state index contributed by atoms with van der Waals surface area (Å²) in [4.78, 5) is 14.5. The van der Waals surface area contributed by atoms with E-state index in [1.165, 1.54) is 4.90 Å². The fraction of sp³-hybridized carbons (Fsp3) is 0.0800. The Balaban J connectivity index is 1.66. The number of nitrogens with zero attached hydrogens (tertiary/aromatic N) is 2. The van der Waals surface area contributed by atoms with Gasteiger partial charge in [-0.3, -0.25) is 0 Å². The van der Waals surface area contributed by atoms with Crippen molar-refractivity contribution in [3.05, 3.63) is 119 Å². The summed E-state index contributed by atoms with van der Waals surface area (Å²) in [7, 11) is 0. The third kappa shape index (κ3) is 5.21. The van der Waals surface area contributed by atoms with E-state index in [-0.39, 0.29) is 13.1 Å². The van der Waals surface area contributed by atoms with Gasteiger partial charge in [0.2, 0.25) is 0 Å². The van der Waals surface area contributed by atoms with Crippen LogP contribution in [0.5, 0.6) is 0 Å². The lowest BCUT2D eigenvalue weighted by Gasteiger charge is -2.24. The molecule has 1 N–H and O–H groups in total. The number of carbonyl (C=O) groups is 1. The van der Waals surface area contributed by atoms with Crippen molar-refractivity contribution in [1.29, 1.82) is 0 Å². The van der Waals surface area contributed by atoms with Crippen molar-refractivity contribution in [3.8, 4) is 5.69 Å². The van der Waals surface area contributed by atoms with Gasteiger partial charge in [0.1, 0.15) is 16.7 Å². The number of rotatable bonds is 6. The third-order valence-corrected chi connectivity index (χ3v) is 5.32. The number of aromatic nitrogens is 1. The summed E-state index contributed by atoms with van der Waals surface area (Å²) < 4.78 is 43.3. The topological polar surface area (TPSA) is 37.3 Å². The van der Waals surface area contributed by atoms with E-state index < -0.39 is 29.2 Å². The number of nitrogens with one attached hydrogen (secondary N) is 1. The lowest BCUT2D eigenvalue weighted by atomic mass is 10.2. The third-order valence-electron chi connectivity index (χ3n) is 5.02. The first-order valence-corrected chi connectivity index (χ1v) is 10.5. The van der Waals surface area contributed by atoms with Crippen molar-refractivity contribution in [2.45, 2.75) is 13.1 Å². The van der Waals surface area contributed by atoms with Crippen LogP contribution in [0.4, 0.5) is 23.7 Å². The molecule has 33 heavy (non-hydrogen) atoms. The van der Waals surface area contributed by atoms with Crippen molar-refractivity contribution >= 4 is 23.3 Å². The molecule has 0 saturated heterocycles. The van der Waals surface area contributed by atoms with Crippen molar-refractivity contribution < 1.29 is 18.0 Å². The molecule has 0 atom stereocenters. The number of amides is 2. The highest BCUT2D eigenvalue weighted by Crippen LogP contribution is 2.25. The van der Waals surface area contributed by atoms with Crippen molar-refractivity contribution in [2.75, 3.05) is 5.32 Å². The molecule has 8 heteroatoms. The maximum absolute atomic E-state index is 14.1. The van der Waals surface area contributed by atoms with E-state index in [1.807, 2.05) is 60.7 Å². The number of hydrogen-bond acceptors (Lipinski definition) is 1. The minimum Gasteiger partial charge on any atom is -0.314 e. The standard InChI is InChI=1S/C25H19ClF3N3O/c26-23-12-11-20(32(23)19-9-5-2-6-10-19)16-31(15-17-7-3-1-4-8-17)25(33)30-24-21(28)13-18(27)14-22(24)29/h1-14H,15-16H2,(H,30,33). The molecule has 0 unspecified atom stereocenters. The highest BCUT2D eigenvalue weighted by molar-refractivity contribution is 6.30. The SMILES string of the molecule is O=C(Nc1c(F)cc(F)cc1F)N(Cc1ccccc1)Cc1ccc(Cl)n1-c1ccccc1. The smallest absolute Gasteiger partial charge is 0.314 e. The zero-order valence-corrected chi connectivity index (χ0v) is 18.1. The first-order valence-electron chi connectivity index (χ1n) is 10.1. The van der Waals surface area contributed by atoms with E-state index >= 15 is 0 Å². The van der Waals surface area contributed by atoms with Crippen LogP contribution in [0, 0.1) is 17.5 Å². The van der Waals surface area contributed by atoms with Gasteiger partial charge in [-0.25, -0.2) is 18.0 Å². The van der Waals surface area contributed by atoms with Gasteiger partial charge in [-0.1, -0.05) is 60.1 Å². The average molecular weight is 470 g/mol. The van der Waals surface area contributed by atoms with Crippen molar-refractivity contribution in [2.24, 2.45) is 0 Å². The molecule has 1 aromatic heterocycles. The highest BCUT2D eigenvalue weighted by atomic mass is 35.5. The van der Waals surface area contributed by atoms with Gasteiger partial charge in [-0.2, -0.15) is 0 Å². The van der Waals surface area contributed by atoms with Crippen LogP contribution in [-0.2, 0) is 13.1 Å². The van der Waals surface area contributed by atoms with E-state index in [0.29, 0.717) is 23.0 Å². The minimum absolute atomic E-state index is 0.0901. The van der Waals surface area contributed by atoms with Gasteiger partial charge in [-0.15, -0.1) is 0 Å². The number of hydrogen-bond donors (Lipinski definition) is 1. The van der Waals surface area contributed by atoms with Gasteiger partial charge in [0.05, 0.1) is 6.54 Å². The molecule has 2 amide bonds. The Labute approximate surface area is 193 Å². The average Bonchev–Trinajstić information content (AvgIpc) is 3.16. The predicted molar refractivity (Wildman–Crippen MR) is 122 cm³/mol. The quantitative estimate of drug-likeness (QED) is 0.332. The van der Waals surface area contributed by atoms with Crippen LogP contribution in [-0.4, -0.2) is 15.5 Å². The number of urea groups is 1. The number of benzene rings is 3. The zero-order valence-electron chi connectivity index (χ0n) is 17.3. The van der Waals surface area contributed by atoms with E-state index in [9.17, 15) is 18.0 Å². The summed E-state index contributed by atoms with van der Waals surface area (Å²) in [6, 6.07) is 22.3. The van der Waals surface area contributed by atoms with Crippen molar-refractivity contribution in [3.63, 3.8) is 0 Å². The Morgan fingerprint density at radius 1 is 0.848 bits per heavy atom. The molecule has 0 spiro atoms. The molecule has 168 valence electrons. The Hall–Kier alpha value is -3.71. The molecule has 4 aromatic rings. The van der Waals surface area contributed by atoms with Crippen LogP contribution in [0.15, 0.2) is 84.9 Å². The summed E-state index contributed by atoms with van der Waals surface area (Å²) in [5, 5.41) is 2.69. The molecule has 3 aromatic carbocycles. The molecule has 0 aliphatic rings. The fourth-order valence-corrected chi connectivity index (χ4v) is 3.76. The van der Waals surface area contributed by atoms with Crippen molar-refractivity contribution in [1.82, 2.24) is 9.47 Å². The molecule has 0 aliphatic heterocycles. The Kier molecular flexibility index (Phi) is 6.70. The maximum atomic E-state index is 14.1. The van der Waals surface area contributed by atoms with E-state index in [1.54, 1.807) is 16.7 Å². The van der Waals surface area contributed by atoms with Gasteiger partial charge in [0.15, 0.2) is 11.6 Å². The second kappa shape index (κ2) is 9.83. The number of anilines is 1. The molecule has 1 heterocycles. The van der Waals surface area contributed by atoms with Gasteiger partial charge in [0, 0.05) is 30.1 Å². The van der Waals surface area contributed by atoms with Gasteiger partial charge < -0.3 is 14.8 Å². The Bertz CT molecular complexity index is 1240. The highest BCUT2D eigenvalue weighted by Gasteiger charge is 2.21. The lowest BCUT2D eigenvalue weighted by molar-refractivity contribution is 0.205. The number of halogens is 4. The van der Waals surface area contributed by atoms with E-state index in [4.69, 9.17) is 11.6 Å². The molecule has 0 bridgehead atoms. The first-order chi connectivity index (χ1) is 15.9. The normalized spacial score (nSPS) is 10.8. The first kappa shape index (κ1) is 22.5. The summed E-state index contributed by atoms with van der Waals surface area (Å²) in [6.07, 6.45) is 0. The second-order valence-corrected chi connectivity index (χ2v) is 7.72. The van der Waals surface area contributed by atoms with E-state index in [2.05, 4.69) is 5.32 Å². The summed E-state index contributed by atoms with van der Waals surface area (Å²) >= 11 is 6.40. The molecule has 4 rings (SSSR count). The zero-order chi connectivity index (χ0) is 23.4. The fourth-order valence-electron chi connectivity index (χ4n) is 3.49. The molecule has 0 saturated carbocycles. The summed E-state index contributed by atoms with van der Waals surface area (Å²) in [5.41, 5.74) is 1.60. The lowest BCUT2D eigenvalue weighted by Crippen LogP contribution is -2.35. The van der Waals surface area contributed by atoms with Crippen LogP contribution < -0.4 is 5.32 Å². The van der Waals surface area contributed by atoms with Crippen LogP contribution >= 0.6 is 11.6 Å². The van der Waals surface area contributed by atoms with Crippen LogP contribution in [0.2, 0.25) is 5.15 Å². The summed E-state index contributed by atoms with van der Waals surface area (Å²) in [6.45, 7) is 0.251. The molecular formula is C25H19ClF3N3O. The second-order valence-electron chi connectivity index (χ2n) is 7.33. The molecule has 0 aliphatic carbocycles. The maximum Gasteiger partial charge on any atom is 0.322 e. The largest absolute Gasteiger partial charge is 0.322 e. The van der Waals surface area contributed by atoms with Crippen LogP contribution in [0.25, 0.3) is 5.69 Å². The van der Waals surface area contributed by atoms with Gasteiger partial charge in [0.25, 0.3) is 0 Å². The van der Waals surface area contributed by atoms with E-state index in [0.717, 1.165) is 11.3 Å². The minimum atomic E-state index is -1.20. The van der Waals surface area contributed by atoms with Crippen LogP contribution in [0.3, 0.4) is 0 Å². The molecule has 4 nitrogen and oxygen atoms in total.